The Morgan fingerprint density at radius 3 is 2.61 bits per heavy atom. The second-order valence-electron chi connectivity index (χ2n) is 6.02. The molecule has 0 saturated carbocycles. The average Bonchev–Trinajstić information content (AvgIpc) is 3.23. The molecule has 0 saturated heterocycles. The van der Waals surface area contributed by atoms with E-state index in [1.54, 1.807) is 36.0 Å². The molecule has 0 fully saturated rings. The third-order valence-corrected chi connectivity index (χ3v) is 4.83. The first-order valence-corrected chi connectivity index (χ1v) is 9.02. The Hall–Kier alpha value is -2.91. The lowest BCUT2D eigenvalue weighted by atomic mass is 10.2. The summed E-state index contributed by atoms with van der Waals surface area (Å²) in [5.41, 5.74) is 1.60. The predicted molar refractivity (Wildman–Crippen MR) is 105 cm³/mol. The van der Waals surface area contributed by atoms with Crippen molar-refractivity contribution in [2.75, 3.05) is 5.32 Å². The summed E-state index contributed by atoms with van der Waals surface area (Å²) < 4.78 is 3.05. The Labute approximate surface area is 170 Å². The molecule has 1 amide bonds. The Kier molecular flexibility index (Phi) is 5.96. The van der Waals surface area contributed by atoms with Crippen molar-refractivity contribution in [3.8, 4) is 0 Å². The van der Waals surface area contributed by atoms with E-state index in [9.17, 15) is 14.9 Å². The third-order valence-electron chi connectivity index (χ3n) is 4.12. The second kappa shape index (κ2) is 8.41. The van der Waals surface area contributed by atoms with Crippen LogP contribution in [0, 0.1) is 17.0 Å². The summed E-state index contributed by atoms with van der Waals surface area (Å²) >= 11 is 12.3. The number of hydrogen-bond donors (Lipinski definition) is 1. The average molecular weight is 423 g/mol. The molecule has 3 aromatic rings. The van der Waals surface area contributed by atoms with Crippen LogP contribution in [0.5, 0.6) is 0 Å². The molecule has 0 spiro atoms. The fourth-order valence-electron chi connectivity index (χ4n) is 2.63. The quantitative estimate of drug-likeness (QED) is 0.461. The number of nitrogens with zero attached hydrogens (tertiary/aromatic N) is 5. The van der Waals surface area contributed by atoms with Gasteiger partial charge in [-0.2, -0.15) is 10.2 Å². The number of amides is 1. The van der Waals surface area contributed by atoms with Crippen LogP contribution in [0.4, 0.5) is 11.4 Å². The van der Waals surface area contributed by atoms with Crippen LogP contribution >= 0.6 is 23.2 Å². The zero-order valence-electron chi connectivity index (χ0n) is 14.8. The van der Waals surface area contributed by atoms with E-state index >= 15 is 0 Å². The number of carbonyl (C=O) groups is 1. The number of nitrogens with one attached hydrogen (secondary N) is 1. The number of hydrogen-bond acceptors (Lipinski definition) is 5. The smallest absolute Gasteiger partial charge is 0.309 e. The first-order chi connectivity index (χ1) is 13.3. The van der Waals surface area contributed by atoms with Gasteiger partial charge in [0.05, 0.1) is 29.9 Å². The van der Waals surface area contributed by atoms with E-state index in [1.807, 2.05) is 0 Å². The number of aryl methyl sites for hydroxylation is 1. The zero-order chi connectivity index (χ0) is 20.3. The van der Waals surface area contributed by atoms with E-state index in [0.717, 1.165) is 5.56 Å². The number of nitro groups is 1. The normalized spacial score (nSPS) is 10.8. The van der Waals surface area contributed by atoms with E-state index in [-0.39, 0.29) is 24.6 Å². The molecule has 1 N–H and O–H groups in total. The van der Waals surface area contributed by atoms with Crippen molar-refractivity contribution in [1.82, 2.24) is 19.6 Å². The number of rotatable bonds is 7. The van der Waals surface area contributed by atoms with Gasteiger partial charge < -0.3 is 5.32 Å². The monoisotopic (exact) mass is 422 g/mol. The van der Waals surface area contributed by atoms with Crippen molar-refractivity contribution < 1.29 is 9.72 Å². The highest BCUT2D eigenvalue weighted by molar-refractivity contribution is 6.35. The van der Waals surface area contributed by atoms with E-state index in [4.69, 9.17) is 23.2 Å². The van der Waals surface area contributed by atoms with E-state index in [1.165, 1.54) is 17.1 Å². The molecule has 1 aromatic carbocycles. The van der Waals surface area contributed by atoms with Crippen molar-refractivity contribution in [1.29, 1.82) is 0 Å². The highest BCUT2D eigenvalue weighted by atomic mass is 35.5. The Balaban J connectivity index is 1.58. The summed E-state index contributed by atoms with van der Waals surface area (Å²) in [5, 5.41) is 22.8. The lowest BCUT2D eigenvalue weighted by molar-refractivity contribution is -0.385. The molecule has 0 bridgehead atoms. The molecule has 0 aliphatic rings. The van der Waals surface area contributed by atoms with Gasteiger partial charge in [0, 0.05) is 28.2 Å². The molecule has 0 aliphatic carbocycles. The first-order valence-electron chi connectivity index (χ1n) is 8.27. The number of benzene rings is 1. The Bertz CT molecular complexity index is 1010. The van der Waals surface area contributed by atoms with Gasteiger partial charge in [-0.3, -0.25) is 24.3 Å². The summed E-state index contributed by atoms with van der Waals surface area (Å²) in [6.45, 7) is 2.19. The summed E-state index contributed by atoms with van der Waals surface area (Å²) in [6, 6.07) is 5.26. The number of anilines is 1. The molecule has 9 nitrogen and oxygen atoms in total. The van der Waals surface area contributed by atoms with Gasteiger partial charge in [-0.15, -0.1) is 0 Å². The minimum atomic E-state index is -0.501. The fourth-order valence-corrected chi connectivity index (χ4v) is 3.15. The molecule has 0 aliphatic heterocycles. The Morgan fingerprint density at radius 2 is 1.96 bits per heavy atom. The predicted octanol–water partition coefficient (Wildman–Crippen LogP) is 3.68. The third kappa shape index (κ3) is 4.49. The molecule has 3 rings (SSSR count). The summed E-state index contributed by atoms with van der Waals surface area (Å²) in [5.74, 6) is -0.257. The number of halogens is 2. The second-order valence-corrected chi connectivity index (χ2v) is 6.83. The van der Waals surface area contributed by atoms with Crippen LogP contribution in [0.25, 0.3) is 0 Å². The van der Waals surface area contributed by atoms with Gasteiger partial charge in [-0.25, -0.2) is 0 Å². The van der Waals surface area contributed by atoms with Crippen molar-refractivity contribution in [3.05, 3.63) is 68.2 Å². The highest BCUT2D eigenvalue weighted by Crippen LogP contribution is 2.25. The topological polar surface area (TPSA) is 108 Å². The molecule has 0 atom stereocenters. The van der Waals surface area contributed by atoms with Crippen LogP contribution in [0.1, 0.15) is 17.7 Å². The lowest BCUT2D eigenvalue weighted by Gasteiger charge is -2.07. The molecule has 0 radical (unpaired) electrons. The SMILES string of the molecule is Cc1c([N+](=O)[O-])cnn1CCC(=O)Nc1cnn(Cc2c(Cl)cccc2Cl)c1. The maximum Gasteiger partial charge on any atom is 0.309 e. The molecular weight excluding hydrogens is 407 g/mol. The number of aromatic nitrogens is 4. The van der Waals surface area contributed by atoms with Crippen molar-refractivity contribution in [2.45, 2.75) is 26.4 Å². The van der Waals surface area contributed by atoms with Crippen LogP contribution in [-0.2, 0) is 17.9 Å². The van der Waals surface area contributed by atoms with Crippen molar-refractivity contribution in [2.24, 2.45) is 0 Å². The largest absolute Gasteiger partial charge is 0.323 e. The minimum absolute atomic E-state index is 0.0695. The molecule has 28 heavy (non-hydrogen) atoms. The molecule has 2 aromatic heterocycles. The molecule has 0 unspecified atom stereocenters. The molecule has 11 heteroatoms. The zero-order valence-corrected chi connectivity index (χ0v) is 16.3. The molecular formula is C17H16Cl2N6O3. The summed E-state index contributed by atoms with van der Waals surface area (Å²) in [7, 11) is 0. The standard InChI is InChI=1S/C17H16Cl2N6O3/c1-11-16(25(27)28)8-21-24(11)6-5-17(26)22-12-7-20-23(9-12)10-13-14(18)3-2-4-15(13)19/h2-4,7-9H,5-6,10H2,1H3,(H,22,26). The van der Waals surface area contributed by atoms with Crippen molar-refractivity contribution >= 4 is 40.5 Å². The minimum Gasteiger partial charge on any atom is -0.323 e. The maximum atomic E-state index is 12.1. The fraction of sp³-hybridized carbons (Fsp3) is 0.235. The molecule has 146 valence electrons. The van der Waals surface area contributed by atoms with Crippen LogP contribution in [0.2, 0.25) is 10.0 Å². The Morgan fingerprint density at radius 1 is 1.25 bits per heavy atom. The van der Waals surface area contributed by atoms with Gasteiger partial charge in [0.2, 0.25) is 5.91 Å². The highest BCUT2D eigenvalue weighted by Gasteiger charge is 2.17. The van der Waals surface area contributed by atoms with Gasteiger partial charge in [0.25, 0.3) is 0 Å². The van der Waals surface area contributed by atoms with E-state index in [2.05, 4.69) is 15.5 Å². The van der Waals surface area contributed by atoms with E-state index < -0.39 is 4.92 Å². The van der Waals surface area contributed by atoms with Gasteiger partial charge in [0.1, 0.15) is 11.9 Å². The van der Waals surface area contributed by atoms with Crippen LogP contribution in [0.15, 0.2) is 36.8 Å². The molecule has 2 heterocycles. The lowest BCUT2D eigenvalue weighted by Crippen LogP contribution is -2.15. The van der Waals surface area contributed by atoms with Gasteiger partial charge in [-0.1, -0.05) is 29.3 Å². The van der Waals surface area contributed by atoms with Crippen LogP contribution < -0.4 is 5.32 Å². The van der Waals surface area contributed by atoms with Crippen LogP contribution in [0.3, 0.4) is 0 Å². The van der Waals surface area contributed by atoms with Gasteiger partial charge in [-0.05, 0) is 19.1 Å². The van der Waals surface area contributed by atoms with Gasteiger partial charge in [0.15, 0.2) is 0 Å². The first kappa shape index (κ1) is 19.8. The van der Waals surface area contributed by atoms with E-state index in [0.29, 0.717) is 28.0 Å². The maximum absolute atomic E-state index is 12.1. The summed E-state index contributed by atoms with van der Waals surface area (Å²) in [4.78, 5) is 22.5. The summed E-state index contributed by atoms with van der Waals surface area (Å²) in [6.07, 6.45) is 4.48. The van der Waals surface area contributed by atoms with Crippen molar-refractivity contribution in [3.63, 3.8) is 0 Å². The number of carbonyl (C=O) groups excluding carboxylic acids is 1. The van der Waals surface area contributed by atoms with Gasteiger partial charge >= 0.3 is 5.69 Å². The van der Waals surface area contributed by atoms with Crippen LogP contribution in [-0.4, -0.2) is 30.4 Å².